The maximum absolute atomic E-state index is 4.23. The highest BCUT2D eigenvalue weighted by molar-refractivity contribution is 7.80. The Labute approximate surface area is 81.6 Å². The molecule has 0 unspecified atom stereocenters. The molecule has 1 heterocycles. The van der Waals surface area contributed by atoms with Crippen molar-refractivity contribution in [3.8, 4) is 0 Å². The van der Waals surface area contributed by atoms with Crippen molar-refractivity contribution < 1.29 is 0 Å². The van der Waals surface area contributed by atoms with E-state index in [0.29, 0.717) is 0 Å². The zero-order chi connectivity index (χ0) is 8.55. The number of fused-ring (bicyclic) bond motifs is 1. The van der Waals surface area contributed by atoms with Gasteiger partial charge in [0.15, 0.2) is 0 Å². The molecule has 0 aliphatic rings. The maximum Gasteiger partial charge on any atom is 0.0713 e. The van der Waals surface area contributed by atoms with E-state index >= 15 is 0 Å². The standard InChI is InChI=1S/C9H7NS2/c11-7-2-1-6-3-8(12)5-10-9(6)4-7/h1-5,11-12H. The summed E-state index contributed by atoms with van der Waals surface area (Å²) in [5.41, 5.74) is 0.959. The van der Waals surface area contributed by atoms with Crippen LogP contribution in [0.3, 0.4) is 0 Å². The highest BCUT2D eigenvalue weighted by atomic mass is 32.1. The number of aromatic nitrogens is 1. The molecule has 0 radical (unpaired) electrons. The summed E-state index contributed by atoms with van der Waals surface area (Å²) in [5.74, 6) is 0. The topological polar surface area (TPSA) is 12.9 Å². The van der Waals surface area contributed by atoms with Crippen LogP contribution in [0.5, 0.6) is 0 Å². The quantitative estimate of drug-likeness (QED) is 0.613. The molecule has 0 atom stereocenters. The number of nitrogens with zero attached hydrogens (tertiary/aromatic N) is 1. The van der Waals surface area contributed by atoms with Crippen molar-refractivity contribution in [2.24, 2.45) is 0 Å². The molecule has 0 aliphatic carbocycles. The molecule has 0 saturated heterocycles. The van der Waals surface area contributed by atoms with Crippen LogP contribution in [0.25, 0.3) is 10.9 Å². The molecule has 2 aromatic rings. The summed E-state index contributed by atoms with van der Waals surface area (Å²) in [7, 11) is 0. The van der Waals surface area contributed by atoms with E-state index in [2.05, 4.69) is 30.2 Å². The first-order valence-electron chi connectivity index (χ1n) is 3.53. The molecule has 0 N–H and O–H groups in total. The lowest BCUT2D eigenvalue weighted by Gasteiger charge is -1.98. The second-order valence-electron chi connectivity index (χ2n) is 2.57. The van der Waals surface area contributed by atoms with Gasteiger partial charge < -0.3 is 0 Å². The molecule has 0 saturated carbocycles. The van der Waals surface area contributed by atoms with Crippen molar-refractivity contribution >= 4 is 36.2 Å². The zero-order valence-electron chi connectivity index (χ0n) is 6.23. The number of pyridine rings is 1. The fraction of sp³-hybridized carbons (Fsp3) is 0. The van der Waals surface area contributed by atoms with Gasteiger partial charge >= 0.3 is 0 Å². The molecule has 0 fully saturated rings. The zero-order valence-corrected chi connectivity index (χ0v) is 8.02. The number of rotatable bonds is 0. The summed E-state index contributed by atoms with van der Waals surface area (Å²) < 4.78 is 0. The fourth-order valence-electron chi connectivity index (χ4n) is 1.10. The molecule has 0 aliphatic heterocycles. The average molecular weight is 193 g/mol. The summed E-state index contributed by atoms with van der Waals surface area (Å²) in [4.78, 5) is 6.03. The second kappa shape index (κ2) is 2.99. The molecule has 0 amide bonds. The lowest BCUT2D eigenvalue weighted by atomic mass is 10.2. The Kier molecular flexibility index (Phi) is 1.98. The smallest absolute Gasteiger partial charge is 0.0713 e. The predicted octanol–water partition coefficient (Wildman–Crippen LogP) is 2.81. The van der Waals surface area contributed by atoms with Gasteiger partial charge in [-0.1, -0.05) is 6.07 Å². The predicted molar refractivity (Wildman–Crippen MR) is 56.2 cm³/mol. The van der Waals surface area contributed by atoms with Gasteiger partial charge in [-0.25, -0.2) is 0 Å². The SMILES string of the molecule is Sc1cnc2cc(S)ccc2c1. The molecule has 0 bridgehead atoms. The summed E-state index contributed by atoms with van der Waals surface area (Å²) in [6.45, 7) is 0. The molecule has 0 spiro atoms. The highest BCUT2D eigenvalue weighted by Gasteiger charge is 1.94. The molecule has 60 valence electrons. The first-order valence-corrected chi connectivity index (χ1v) is 4.43. The lowest BCUT2D eigenvalue weighted by Crippen LogP contribution is -1.78. The van der Waals surface area contributed by atoms with E-state index < -0.39 is 0 Å². The minimum Gasteiger partial charge on any atom is -0.255 e. The monoisotopic (exact) mass is 193 g/mol. The first-order chi connectivity index (χ1) is 5.75. The van der Waals surface area contributed by atoms with Crippen LogP contribution >= 0.6 is 25.3 Å². The van der Waals surface area contributed by atoms with Gasteiger partial charge in [0.1, 0.15) is 0 Å². The molecule has 1 aromatic heterocycles. The Morgan fingerprint density at radius 3 is 2.67 bits per heavy atom. The van der Waals surface area contributed by atoms with E-state index in [9.17, 15) is 0 Å². The van der Waals surface area contributed by atoms with Crippen molar-refractivity contribution in [3.63, 3.8) is 0 Å². The van der Waals surface area contributed by atoms with Crippen LogP contribution in [0, 0.1) is 0 Å². The number of thiol groups is 2. The van der Waals surface area contributed by atoms with Crippen LogP contribution in [0.15, 0.2) is 40.3 Å². The van der Waals surface area contributed by atoms with Crippen LogP contribution in [0.4, 0.5) is 0 Å². The van der Waals surface area contributed by atoms with E-state index in [1.807, 2.05) is 24.3 Å². The Balaban J connectivity index is 2.79. The maximum atomic E-state index is 4.23. The molecular formula is C9H7NS2. The fourth-order valence-corrected chi connectivity index (χ4v) is 1.49. The normalized spacial score (nSPS) is 10.5. The summed E-state index contributed by atoms with van der Waals surface area (Å²) in [6, 6.07) is 7.86. The van der Waals surface area contributed by atoms with Gasteiger partial charge in [-0.15, -0.1) is 25.3 Å². The highest BCUT2D eigenvalue weighted by Crippen LogP contribution is 2.18. The van der Waals surface area contributed by atoms with Crippen LogP contribution in [0.2, 0.25) is 0 Å². The van der Waals surface area contributed by atoms with Crippen molar-refractivity contribution in [2.45, 2.75) is 9.79 Å². The minimum atomic E-state index is 0.884. The van der Waals surface area contributed by atoms with E-state index in [1.54, 1.807) is 6.20 Å². The summed E-state index contributed by atoms with van der Waals surface area (Å²) in [5, 5.41) is 1.10. The van der Waals surface area contributed by atoms with Crippen molar-refractivity contribution in [3.05, 3.63) is 30.5 Å². The molecule has 12 heavy (non-hydrogen) atoms. The first kappa shape index (κ1) is 7.95. The molecule has 1 aromatic carbocycles. The second-order valence-corrected chi connectivity index (χ2v) is 3.60. The van der Waals surface area contributed by atoms with E-state index in [1.165, 1.54) is 0 Å². The average Bonchev–Trinajstić information content (AvgIpc) is 2.05. The van der Waals surface area contributed by atoms with E-state index in [4.69, 9.17) is 0 Å². The van der Waals surface area contributed by atoms with Crippen LogP contribution in [-0.4, -0.2) is 4.98 Å². The Morgan fingerprint density at radius 2 is 1.83 bits per heavy atom. The van der Waals surface area contributed by atoms with Crippen LogP contribution < -0.4 is 0 Å². The minimum absolute atomic E-state index is 0.884. The third-order valence-corrected chi connectivity index (χ3v) is 2.18. The molecule has 3 heteroatoms. The third kappa shape index (κ3) is 1.42. The van der Waals surface area contributed by atoms with Crippen molar-refractivity contribution in [2.75, 3.05) is 0 Å². The molecule has 1 nitrogen and oxygen atoms in total. The van der Waals surface area contributed by atoms with Crippen LogP contribution in [0.1, 0.15) is 0 Å². The van der Waals surface area contributed by atoms with Crippen molar-refractivity contribution in [1.82, 2.24) is 4.98 Å². The van der Waals surface area contributed by atoms with Gasteiger partial charge in [0.05, 0.1) is 5.52 Å². The Bertz CT molecular complexity index is 385. The lowest BCUT2D eigenvalue weighted by molar-refractivity contribution is 1.30. The largest absolute Gasteiger partial charge is 0.255 e. The van der Waals surface area contributed by atoms with Gasteiger partial charge in [0.25, 0.3) is 0 Å². The van der Waals surface area contributed by atoms with Gasteiger partial charge in [0, 0.05) is 21.4 Å². The van der Waals surface area contributed by atoms with Crippen molar-refractivity contribution in [1.29, 1.82) is 0 Å². The number of benzene rings is 1. The third-order valence-electron chi connectivity index (χ3n) is 1.65. The van der Waals surface area contributed by atoms with Gasteiger partial charge in [-0.05, 0) is 18.2 Å². The number of hydrogen-bond donors (Lipinski definition) is 2. The molecular weight excluding hydrogens is 186 g/mol. The summed E-state index contributed by atoms with van der Waals surface area (Å²) in [6.07, 6.45) is 1.73. The molecule has 2 rings (SSSR count). The Hall–Kier alpha value is -0.670. The van der Waals surface area contributed by atoms with Crippen LogP contribution in [-0.2, 0) is 0 Å². The van der Waals surface area contributed by atoms with Gasteiger partial charge in [-0.2, -0.15) is 0 Å². The van der Waals surface area contributed by atoms with E-state index in [-0.39, 0.29) is 0 Å². The van der Waals surface area contributed by atoms with Gasteiger partial charge in [-0.3, -0.25) is 4.98 Å². The van der Waals surface area contributed by atoms with Gasteiger partial charge in [0.2, 0.25) is 0 Å². The number of hydrogen-bond acceptors (Lipinski definition) is 3. The summed E-state index contributed by atoms with van der Waals surface area (Å²) >= 11 is 8.43. The Morgan fingerprint density at radius 1 is 1.00 bits per heavy atom. The van der Waals surface area contributed by atoms with E-state index in [0.717, 1.165) is 20.7 Å².